The molecular weight excluding hydrogens is 226 g/mol. The number of benzene rings is 1. The van der Waals surface area contributed by atoms with Gasteiger partial charge in [0.2, 0.25) is 0 Å². The first-order valence-electron chi connectivity index (χ1n) is 6.69. The number of hydrogen-bond acceptors (Lipinski definition) is 3. The molecule has 1 aliphatic rings. The third kappa shape index (κ3) is 3.33. The first kappa shape index (κ1) is 13.1. The molecule has 1 aromatic rings. The summed E-state index contributed by atoms with van der Waals surface area (Å²) in [5.74, 6) is -0.131. The SMILES string of the molecule is CC(N)CCC(=O)OC1CCCc2ccccc21. The minimum Gasteiger partial charge on any atom is -0.457 e. The van der Waals surface area contributed by atoms with Gasteiger partial charge in [0.1, 0.15) is 6.10 Å². The molecule has 0 bridgehead atoms. The van der Waals surface area contributed by atoms with Crippen LogP contribution in [0, 0.1) is 0 Å². The van der Waals surface area contributed by atoms with Gasteiger partial charge < -0.3 is 10.5 Å². The van der Waals surface area contributed by atoms with Crippen LogP contribution in [-0.2, 0) is 16.0 Å². The fourth-order valence-corrected chi connectivity index (χ4v) is 2.39. The van der Waals surface area contributed by atoms with Crippen molar-refractivity contribution in [2.45, 2.75) is 51.2 Å². The van der Waals surface area contributed by atoms with E-state index in [1.807, 2.05) is 19.1 Å². The molecule has 0 aliphatic heterocycles. The standard InChI is InChI=1S/C15H21NO2/c1-11(16)9-10-15(17)18-14-8-4-6-12-5-2-3-7-13(12)14/h2-3,5,7,11,14H,4,6,8-10,16H2,1H3. The van der Waals surface area contributed by atoms with Gasteiger partial charge in [0.15, 0.2) is 0 Å². The average molecular weight is 247 g/mol. The number of hydrogen-bond donors (Lipinski definition) is 1. The normalized spacial score (nSPS) is 20.0. The molecule has 0 aromatic heterocycles. The lowest BCUT2D eigenvalue weighted by Gasteiger charge is -2.25. The molecular formula is C15H21NO2. The highest BCUT2D eigenvalue weighted by atomic mass is 16.5. The van der Waals surface area contributed by atoms with Gasteiger partial charge in [-0.25, -0.2) is 0 Å². The van der Waals surface area contributed by atoms with Gasteiger partial charge in [-0.1, -0.05) is 24.3 Å². The molecule has 3 heteroatoms. The van der Waals surface area contributed by atoms with Crippen LogP contribution in [0.25, 0.3) is 0 Å². The minimum atomic E-state index is -0.131. The van der Waals surface area contributed by atoms with E-state index in [1.54, 1.807) is 0 Å². The number of carbonyl (C=O) groups is 1. The Morgan fingerprint density at radius 1 is 1.50 bits per heavy atom. The van der Waals surface area contributed by atoms with E-state index in [-0.39, 0.29) is 18.1 Å². The van der Waals surface area contributed by atoms with Crippen LogP contribution in [0.4, 0.5) is 0 Å². The van der Waals surface area contributed by atoms with Crippen LogP contribution >= 0.6 is 0 Å². The first-order chi connectivity index (χ1) is 8.66. The Balaban J connectivity index is 1.96. The fourth-order valence-electron chi connectivity index (χ4n) is 2.39. The Labute approximate surface area is 108 Å². The van der Waals surface area contributed by atoms with Gasteiger partial charge in [0.25, 0.3) is 0 Å². The summed E-state index contributed by atoms with van der Waals surface area (Å²) in [7, 11) is 0. The molecule has 2 rings (SSSR count). The average Bonchev–Trinajstić information content (AvgIpc) is 2.37. The number of rotatable bonds is 4. The van der Waals surface area contributed by atoms with E-state index in [2.05, 4.69) is 12.1 Å². The van der Waals surface area contributed by atoms with E-state index in [0.29, 0.717) is 12.8 Å². The zero-order valence-corrected chi connectivity index (χ0v) is 10.9. The summed E-state index contributed by atoms with van der Waals surface area (Å²) in [5, 5.41) is 0. The fraction of sp³-hybridized carbons (Fsp3) is 0.533. The molecule has 2 atom stereocenters. The van der Waals surface area contributed by atoms with Crippen molar-refractivity contribution in [3.8, 4) is 0 Å². The first-order valence-corrected chi connectivity index (χ1v) is 6.69. The van der Waals surface area contributed by atoms with Crippen molar-refractivity contribution in [1.29, 1.82) is 0 Å². The van der Waals surface area contributed by atoms with Crippen molar-refractivity contribution >= 4 is 5.97 Å². The predicted octanol–water partition coefficient (Wildman–Crippen LogP) is 2.73. The minimum absolute atomic E-state index is 0.0520. The second-order valence-electron chi connectivity index (χ2n) is 5.09. The number of esters is 1. The van der Waals surface area contributed by atoms with Gasteiger partial charge in [-0.05, 0) is 43.7 Å². The highest BCUT2D eigenvalue weighted by Crippen LogP contribution is 2.32. The molecule has 0 amide bonds. The third-order valence-corrected chi connectivity index (χ3v) is 3.39. The van der Waals surface area contributed by atoms with Crippen molar-refractivity contribution in [2.75, 3.05) is 0 Å². The van der Waals surface area contributed by atoms with Crippen LogP contribution in [-0.4, -0.2) is 12.0 Å². The molecule has 0 fully saturated rings. The Bertz CT molecular complexity index is 415. The Morgan fingerprint density at radius 3 is 3.06 bits per heavy atom. The summed E-state index contributed by atoms with van der Waals surface area (Å²) in [6, 6.07) is 8.29. The molecule has 2 unspecified atom stereocenters. The second-order valence-corrected chi connectivity index (χ2v) is 5.09. The highest BCUT2D eigenvalue weighted by molar-refractivity contribution is 5.69. The number of fused-ring (bicyclic) bond motifs is 1. The molecule has 1 aromatic carbocycles. The molecule has 1 aliphatic carbocycles. The second kappa shape index (κ2) is 6.01. The molecule has 0 saturated heterocycles. The van der Waals surface area contributed by atoms with Crippen LogP contribution in [0.5, 0.6) is 0 Å². The van der Waals surface area contributed by atoms with Crippen LogP contribution in [0.3, 0.4) is 0 Å². The molecule has 18 heavy (non-hydrogen) atoms. The predicted molar refractivity (Wildman–Crippen MR) is 71.1 cm³/mol. The number of aryl methyl sites for hydroxylation is 1. The molecule has 0 heterocycles. The summed E-state index contributed by atoms with van der Waals surface area (Å²) in [5.41, 5.74) is 8.13. The maximum Gasteiger partial charge on any atom is 0.306 e. The lowest BCUT2D eigenvalue weighted by atomic mass is 9.89. The van der Waals surface area contributed by atoms with Gasteiger partial charge in [-0.2, -0.15) is 0 Å². The molecule has 98 valence electrons. The molecule has 3 nitrogen and oxygen atoms in total. The van der Waals surface area contributed by atoms with Crippen LogP contribution < -0.4 is 5.73 Å². The molecule has 0 saturated carbocycles. The van der Waals surface area contributed by atoms with Gasteiger partial charge in [-0.3, -0.25) is 4.79 Å². The van der Waals surface area contributed by atoms with E-state index in [0.717, 1.165) is 19.3 Å². The van der Waals surface area contributed by atoms with Crippen molar-refractivity contribution in [1.82, 2.24) is 0 Å². The Morgan fingerprint density at radius 2 is 2.28 bits per heavy atom. The van der Waals surface area contributed by atoms with Crippen molar-refractivity contribution in [3.63, 3.8) is 0 Å². The van der Waals surface area contributed by atoms with E-state index in [4.69, 9.17) is 10.5 Å². The smallest absolute Gasteiger partial charge is 0.306 e. The quantitative estimate of drug-likeness (QED) is 0.832. The lowest BCUT2D eigenvalue weighted by Crippen LogP contribution is -2.20. The summed E-state index contributed by atoms with van der Waals surface area (Å²) >= 11 is 0. The van der Waals surface area contributed by atoms with E-state index in [9.17, 15) is 4.79 Å². The van der Waals surface area contributed by atoms with Crippen LogP contribution in [0.2, 0.25) is 0 Å². The number of nitrogens with two attached hydrogens (primary N) is 1. The zero-order valence-electron chi connectivity index (χ0n) is 10.9. The van der Waals surface area contributed by atoms with Crippen LogP contribution in [0.1, 0.15) is 49.8 Å². The summed E-state index contributed by atoms with van der Waals surface area (Å²) in [4.78, 5) is 11.7. The summed E-state index contributed by atoms with van der Waals surface area (Å²) < 4.78 is 5.57. The topological polar surface area (TPSA) is 52.3 Å². The molecule has 2 N–H and O–H groups in total. The maximum absolute atomic E-state index is 11.7. The van der Waals surface area contributed by atoms with Crippen molar-refractivity contribution in [3.05, 3.63) is 35.4 Å². The Hall–Kier alpha value is -1.35. The van der Waals surface area contributed by atoms with Gasteiger partial charge in [-0.15, -0.1) is 0 Å². The van der Waals surface area contributed by atoms with Gasteiger partial charge >= 0.3 is 5.97 Å². The molecule has 0 radical (unpaired) electrons. The largest absolute Gasteiger partial charge is 0.457 e. The van der Waals surface area contributed by atoms with E-state index >= 15 is 0 Å². The number of ether oxygens (including phenoxy) is 1. The Kier molecular flexibility index (Phi) is 4.37. The summed E-state index contributed by atoms with van der Waals surface area (Å²) in [6.45, 7) is 1.91. The van der Waals surface area contributed by atoms with Gasteiger partial charge in [0, 0.05) is 12.5 Å². The van der Waals surface area contributed by atoms with E-state index < -0.39 is 0 Å². The zero-order chi connectivity index (χ0) is 13.0. The van der Waals surface area contributed by atoms with Crippen LogP contribution in [0.15, 0.2) is 24.3 Å². The van der Waals surface area contributed by atoms with E-state index in [1.165, 1.54) is 11.1 Å². The monoisotopic (exact) mass is 247 g/mol. The highest BCUT2D eigenvalue weighted by Gasteiger charge is 2.22. The molecule has 0 spiro atoms. The third-order valence-electron chi connectivity index (χ3n) is 3.39. The number of carbonyl (C=O) groups excluding carboxylic acids is 1. The lowest BCUT2D eigenvalue weighted by molar-refractivity contribution is -0.150. The van der Waals surface area contributed by atoms with Crippen molar-refractivity contribution in [2.24, 2.45) is 5.73 Å². The van der Waals surface area contributed by atoms with Crippen molar-refractivity contribution < 1.29 is 9.53 Å². The van der Waals surface area contributed by atoms with Gasteiger partial charge in [0.05, 0.1) is 0 Å². The summed E-state index contributed by atoms with van der Waals surface area (Å²) in [6.07, 6.45) is 4.15. The maximum atomic E-state index is 11.7.